The Morgan fingerprint density at radius 1 is 0.895 bits per heavy atom. The summed E-state index contributed by atoms with van der Waals surface area (Å²) in [5.41, 5.74) is 6.22. The van der Waals surface area contributed by atoms with Crippen molar-refractivity contribution < 1.29 is 37.7 Å². The molecule has 0 saturated heterocycles. The molecule has 1 heterocycles. The number of carbonyl (C=O) groups is 2. The van der Waals surface area contributed by atoms with Crippen molar-refractivity contribution in [1.82, 2.24) is 14.8 Å². The number of rotatable bonds is 17. The number of nitrogens with zero attached hydrogens (tertiary/aromatic N) is 2. The highest BCUT2D eigenvalue weighted by Gasteiger charge is 2.36. The van der Waals surface area contributed by atoms with Gasteiger partial charge in [0, 0.05) is 49.1 Å². The van der Waals surface area contributed by atoms with Gasteiger partial charge in [0.1, 0.15) is 24.3 Å². The van der Waals surface area contributed by atoms with Gasteiger partial charge in [0.15, 0.2) is 0 Å². The van der Waals surface area contributed by atoms with Gasteiger partial charge < -0.3 is 29.2 Å². The summed E-state index contributed by atoms with van der Waals surface area (Å²) in [5, 5.41) is 12.9. The van der Waals surface area contributed by atoms with E-state index >= 15 is 4.39 Å². The van der Waals surface area contributed by atoms with Crippen LogP contribution >= 0.6 is 0 Å². The van der Waals surface area contributed by atoms with E-state index in [0.717, 1.165) is 45.6 Å². The molecule has 2 N–H and O–H groups in total. The summed E-state index contributed by atoms with van der Waals surface area (Å²) >= 11 is 0. The molecule has 1 amide bonds. The van der Waals surface area contributed by atoms with Gasteiger partial charge in [-0.05, 0) is 70.8 Å². The fourth-order valence-electron chi connectivity index (χ4n) is 7.73. The molecule has 0 radical (unpaired) electrons. The Kier molecular flexibility index (Phi) is 13.2. The lowest BCUT2D eigenvalue weighted by Gasteiger charge is -2.41. The minimum atomic E-state index is -1.28. The molecule has 0 spiro atoms. The summed E-state index contributed by atoms with van der Waals surface area (Å²) in [4.78, 5) is 28.0. The first-order valence-electron chi connectivity index (χ1n) is 19.2. The molecule has 0 aliphatic heterocycles. The first-order valence-corrected chi connectivity index (χ1v) is 19.2. The maximum absolute atomic E-state index is 15.2. The number of hydrogen-bond donors (Lipinski definition) is 2. The fraction of sp³-hybridized carbons (Fsp3) is 0.348. The third-order valence-electron chi connectivity index (χ3n) is 10.5. The number of carbonyl (C=O) groups excluding carboxylic acids is 1. The molecule has 0 saturated carbocycles. The van der Waals surface area contributed by atoms with Crippen LogP contribution in [0.2, 0.25) is 0 Å². The summed E-state index contributed by atoms with van der Waals surface area (Å²) in [6, 6.07) is 29.4. The molecule has 5 aromatic rings. The summed E-state index contributed by atoms with van der Waals surface area (Å²) in [6.45, 7) is 9.11. The van der Waals surface area contributed by atoms with Gasteiger partial charge in [-0.2, -0.15) is 0 Å². The van der Waals surface area contributed by atoms with Crippen LogP contribution in [-0.4, -0.2) is 72.4 Å². The van der Waals surface area contributed by atoms with E-state index in [9.17, 15) is 19.1 Å². The van der Waals surface area contributed by atoms with E-state index < -0.39 is 41.2 Å². The van der Waals surface area contributed by atoms with Gasteiger partial charge in [-0.25, -0.2) is 18.4 Å². The van der Waals surface area contributed by atoms with Crippen molar-refractivity contribution >= 4 is 12.1 Å². The standard InChI is InChI=1S/C46H51F2N3O6/c1-30(55-5)27-56-29-50(22-21-41(44(52)53)49-45(54)57-28-39-36-17-11-9-15-34(36)35-16-10-12-18-37(35)39)43(46(2,3)4)42-23-32(38-24-33(47)19-20-40(38)48)26-51(42)25-31-13-7-6-8-14-31/h6-20,23-24,26,30,39,41,43H,21-22,25,27-29H2,1-5H3,(H,49,54)(H,52,53)/t30-,41-,43-/m0/s1. The van der Waals surface area contributed by atoms with E-state index in [0.29, 0.717) is 12.1 Å². The third kappa shape index (κ3) is 9.97. The van der Waals surface area contributed by atoms with Gasteiger partial charge in [0.2, 0.25) is 0 Å². The van der Waals surface area contributed by atoms with Gasteiger partial charge in [0.25, 0.3) is 0 Å². The summed E-state index contributed by atoms with van der Waals surface area (Å²) < 4.78 is 49.1. The number of halogens is 2. The third-order valence-corrected chi connectivity index (χ3v) is 10.5. The van der Waals surface area contributed by atoms with Gasteiger partial charge in [-0.3, -0.25) is 4.90 Å². The van der Waals surface area contributed by atoms with Crippen molar-refractivity contribution in [2.75, 3.05) is 33.6 Å². The number of nitrogens with one attached hydrogen (secondary N) is 1. The van der Waals surface area contributed by atoms with E-state index in [2.05, 4.69) is 26.1 Å². The summed E-state index contributed by atoms with van der Waals surface area (Å²) in [7, 11) is 1.60. The van der Waals surface area contributed by atoms with Crippen molar-refractivity contribution in [2.45, 2.75) is 64.8 Å². The molecule has 4 aromatic carbocycles. The maximum atomic E-state index is 15.2. The number of fused-ring (bicyclic) bond motifs is 3. The molecule has 6 rings (SSSR count). The average Bonchev–Trinajstić information content (AvgIpc) is 3.74. The molecular weight excluding hydrogens is 729 g/mol. The van der Waals surface area contributed by atoms with Gasteiger partial charge in [-0.1, -0.05) is 99.6 Å². The topological polar surface area (TPSA) is 102 Å². The highest BCUT2D eigenvalue weighted by molar-refractivity contribution is 5.81. The van der Waals surface area contributed by atoms with Crippen LogP contribution < -0.4 is 5.32 Å². The van der Waals surface area contributed by atoms with Gasteiger partial charge >= 0.3 is 12.1 Å². The lowest BCUT2D eigenvalue weighted by Crippen LogP contribution is -2.46. The number of carboxylic acids is 1. The molecule has 9 nitrogen and oxygen atoms in total. The van der Waals surface area contributed by atoms with Crippen LogP contribution in [0.4, 0.5) is 13.6 Å². The van der Waals surface area contributed by atoms with Crippen molar-refractivity contribution in [3.05, 3.63) is 143 Å². The number of aromatic nitrogens is 1. The highest BCUT2D eigenvalue weighted by Crippen LogP contribution is 2.45. The van der Waals surface area contributed by atoms with Crippen molar-refractivity contribution in [3.8, 4) is 22.3 Å². The molecule has 1 aromatic heterocycles. The van der Waals surface area contributed by atoms with Crippen LogP contribution in [0.5, 0.6) is 0 Å². The fourth-order valence-corrected chi connectivity index (χ4v) is 7.73. The zero-order chi connectivity index (χ0) is 40.7. The minimum Gasteiger partial charge on any atom is -0.480 e. The van der Waals surface area contributed by atoms with E-state index in [1.165, 1.54) is 6.07 Å². The minimum absolute atomic E-state index is 0.0140. The molecule has 1 aliphatic carbocycles. The second-order valence-corrected chi connectivity index (χ2v) is 15.7. The molecule has 1 aliphatic rings. The van der Waals surface area contributed by atoms with Gasteiger partial charge in [0.05, 0.1) is 25.5 Å². The predicted molar refractivity (Wildman–Crippen MR) is 216 cm³/mol. The van der Waals surface area contributed by atoms with Crippen molar-refractivity contribution in [1.29, 1.82) is 0 Å². The van der Waals surface area contributed by atoms with E-state index in [1.807, 2.05) is 108 Å². The normalized spacial score (nSPS) is 14.2. The van der Waals surface area contributed by atoms with E-state index in [-0.39, 0.29) is 50.5 Å². The van der Waals surface area contributed by atoms with Gasteiger partial charge in [-0.15, -0.1) is 0 Å². The van der Waals surface area contributed by atoms with Crippen LogP contribution in [-0.2, 0) is 25.5 Å². The van der Waals surface area contributed by atoms with Crippen LogP contribution in [0.25, 0.3) is 22.3 Å². The number of methoxy groups -OCH3 is 1. The Labute approximate surface area is 333 Å². The number of amides is 1. The Bertz CT molecular complexity index is 2100. The molecular formula is C46H51F2N3O6. The average molecular weight is 780 g/mol. The highest BCUT2D eigenvalue weighted by atomic mass is 19.1. The molecule has 3 atom stereocenters. The Balaban J connectivity index is 1.26. The number of hydrogen-bond acceptors (Lipinski definition) is 6. The van der Waals surface area contributed by atoms with Crippen LogP contribution in [0, 0.1) is 17.0 Å². The lowest BCUT2D eigenvalue weighted by atomic mass is 9.83. The van der Waals surface area contributed by atoms with Crippen LogP contribution in [0.1, 0.15) is 68.5 Å². The second-order valence-electron chi connectivity index (χ2n) is 15.7. The number of aliphatic carboxylic acids is 1. The number of carboxylic acid groups (broad SMARTS) is 1. The predicted octanol–water partition coefficient (Wildman–Crippen LogP) is 9.26. The number of ether oxygens (including phenoxy) is 3. The van der Waals surface area contributed by atoms with Crippen molar-refractivity contribution in [3.63, 3.8) is 0 Å². The van der Waals surface area contributed by atoms with E-state index in [4.69, 9.17) is 14.2 Å². The quantitative estimate of drug-likeness (QED) is 0.0908. The lowest BCUT2D eigenvalue weighted by molar-refractivity contribution is -0.140. The SMILES string of the molecule is CO[C@@H](C)COCN(CC[C@H](NC(=O)OCC1c2ccccc2-c2ccccc21)C(=O)O)[C@@H](c1cc(-c2cc(F)ccc2F)cn1Cc1ccccc1)C(C)(C)C. The number of alkyl carbamates (subject to hydrolysis) is 1. The molecule has 0 unspecified atom stereocenters. The van der Waals surface area contributed by atoms with E-state index in [1.54, 1.807) is 7.11 Å². The smallest absolute Gasteiger partial charge is 0.407 e. The summed E-state index contributed by atoms with van der Waals surface area (Å²) in [5.74, 6) is -2.49. The van der Waals surface area contributed by atoms with Crippen LogP contribution in [0.15, 0.2) is 109 Å². The van der Waals surface area contributed by atoms with Crippen LogP contribution in [0.3, 0.4) is 0 Å². The number of benzene rings is 4. The monoisotopic (exact) mass is 779 g/mol. The molecule has 0 bridgehead atoms. The Morgan fingerprint density at radius 3 is 2.18 bits per heavy atom. The first-order chi connectivity index (χ1) is 27.3. The first kappa shape index (κ1) is 41.3. The molecule has 11 heteroatoms. The largest absolute Gasteiger partial charge is 0.480 e. The Hall–Kier alpha value is -5.36. The maximum Gasteiger partial charge on any atom is 0.407 e. The zero-order valence-electron chi connectivity index (χ0n) is 33.1. The molecule has 0 fully saturated rings. The second kappa shape index (κ2) is 18.3. The molecule has 57 heavy (non-hydrogen) atoms. The van der Waals surface area contributed by atoms with Crippen molar-refractivity contribution in [2.24, 2.45) is 5.41 Å². The summed E-state index contributed by atoms with van der Waals surface area (Å²) in [6.07, 6.45) is 0.808. The zero-order valence-corrected chi connectivity index (χ0v) is 33.1. The Morgan fingerprint density at radius 2 is 1.54 bits per heavy atom. The molecule has 300 valence electrons.